The number of hydrogen-bond donors (Lipinski definition) is 3. The molecule has 0 aromatic heterocycles. The van der Waals surface area contributed by atoms with Crippen molar-refractivity contribution in [2.45, 2.75) is 12.3 Å². The average Bonchev–Trinajstić information content (AvgIpc) is 3.38. The molecule has 0 fully saturated rings. The number of rotatable bonds is 8. The van der Waals surface area contributed by atoms with Gasteiger partial charge in [0.15, 0.2) is 0 Å². The fourth-order valence-corrected chi connectivity index (χ4v) is 4.03. The van der Waals surface area contributed by atoms with Gasteiger partial charge in [0.1, 0.15) is 18.1 Å². The minimum atomic E-state index is -0.380. The molecule has 9 heteroatoms. The summed E-state index contributed by atoms with van der Waals surface area (Å²) in [5.41, 5.74) is 6.03. The molecule has 2 aliphatic rings. The molecule has 2 aromatic carbocycles. The second-order valence-corrected chi connectivity index (χ2v) is 8.79. The molecule has 2 heterocycles. The summed E-state index contributed by atoms with van der Waals surface area (Å²) < 4.78 is 11.4. The van der Waals surface area contributed by atoms with Gasteiger partial charge in [0.25, 0.3) is 5.91 Å². The van der Waals surface area contributed by atoms with Gasteiger partial charge in [-0.2, -0.15) is 5.10 Å². The third-order valence-electron chi connectivity index (χ3n) is 6.01. The van der Waals surface area contributed by atoms with Gasteiger partial charge in [0, 0.05) is 37.3 Å². The number of ether oxygens (including phenoxy) is 2. The molecule has 0 saturated carbocycles. The molecule has 9 nitrogen and oxygen atoms in total. The molecular formula is C25H31N5O4. The van der Waals surface area contributed by atoms with Gasteiger partial charge in [-0.15, -0.1) is 0 Å². The number of nitrogens with zero attached hydrogens (tertiary/aromatic N) is 2. The number of fused-ring (bicyclic) bond motifs is 1. The van der Waals surface area contributed by atoms with Gasteiger partial charge in [0.2, 0.25) is 5.91 Å². The predicted molar refractivity (Wildman–Crippen MR) is 131 cm³/mol. The fourth-order valence-electron chi connectivity index (χ4n) is 4.03. The lowest BCUT2D eigenvalue weighted by Crippen LogP contribution is -2.33. The van der Waals surface area contributed by atoms with Crippen LogP contribution in [0.15, 0.2) is 41.5 Å². The summed E-state index contributed by atoms with van der Waals surface area (Å²) in [6.45, 7) is 2.34. The quantitative estimate of drug-likeness (QED) is 0.550. The van der Waals surface area contributed by atoms with Crippen LogP contribution in [0.25, 0.3) is 0 Å². The van der Waals surface area contributed by atoms with Crippen molar-refractivity contribution in [3.05, 3.63) is 53.1 Å². The number of amides is 2. The van der Waals surface area contributed by atoms with Crippen molar-refractivity contribution in [2.75, 3.05) is 52.8 Å². The number of hydrogen-bond acceptors (Lipinski definition) is 7. The maximum Gasteiger partial charge on any atom is 0.251 e. The maximum absolute atomic E-state index is 13.0. The van der Waals surface area contributed by atoms with E-state index in [-0.39, 0.29) is 30.3 Å². The minimum Gasteiger partial charge on any atom is -0.495 e. The first-order chi connectivity index (χ1) is 16.4. The SMILES string of the molecule is COc1cc(C2C=NNC2)ccc1NC(=O)C1COc2ccc(C(=O)NCCN(C)C)cc2C1. The number of nitrogens with one attached hydrogen (secondary N) is 3. The molecular weight excluding hydrogens is 434 g/mol. The number of likely N-dealkylation sites (N-methyl/N-ethyl adjacent to an activating group) is 1. The van der Waals surface area contributed by atoms with Crippen molar-refractivity contribution in [1.29, 1.82) is 0 Å². The Kier molecular flexibility index (Phi) is 7.32. The number of anilines is 1. The lowest BCUT2D eigenvalue weighted by atomic mass is 9.94. The molecule has 3 N–H and O–H groups in total. The molecule has 2 aromatic rings. The Morgan fingerprint density at radius 3 is 2.82 bits per heavy atom. The van der Waals surface area contributed by atoms with Crippen LogP contribution < -0.4 is 25.5 Å². The normalized spacial score (nSPS) is 18.6. The van der Waals surface area contributed by atoms with E-state index in [0.29, 0.717) is 35.7 Å². The Labute approximate surface area is 199 Å². The number of carbonyl (C=O) groups is 2. The van der Waals surface area contributed by atoms with Gasteiger partial charge in [-0.25, -0.2) is 0 Å². The summed E-state index contributed by atoms with van der Waals surface area (Å²) in [5, 5.41) is 9.95. The highest BCUT2D eigenvalue weighted by atomic mass is 16.5. The zero-order valence-corrected chi connectivity index (χ0v) is 19.8. The third kappa shape index (κ3) is 5.48. The topological polar surface area (TPSA) is 104 Å². The second-order valence-electron chi connectivity index (χ2n) is 8.79. The van der Waals surface area contributed by atoms with Crippen molar-refractivity contribution >= 4 is 23.7 Å². The lowest BCUT2D eigenvalue weighted by Gasteiger charge is -2.25. The molecule has 0 spiro atoms. The van der Waals surface area contributed by atoms with E-state index in [9.17, 15) is 9.59 Å². The molecule has 0 radical (unpaired) electrons. The fraction of sp³-hybridized carbons (Fsp3) is 0.400. The zero-order chi connectivity index (χ0) is 24.1. The molecule has 2 atom stereocenters. The Hall–Kier alpha value is -3.59. The molecule has 0 aliphatic carbocycles. The molecule has 0 bridgehead atoms. The highest BCUT2D eigenvalue weighted by Gasteiger charge is 2.27. The molecule has 180 valence electrons. The molecule has 2 amide bonds. The second kappa shape index (κ2) is 10.6. The van der Waals surface area contributed by atoms with Crippen LogP contribution in [0.5, 0.6) is 11.5 Å². The van der Waals surface area contributed by atoms with E-state index < -0.39 is 0 Å². The van der Waals surface area contributed by atoms with Crippen LogP contribution in [0.1, 0.15) is 27.4 Å². The summed E-state index contributed by atoms with van der Waals surface area (Å²) in [6, 6.07) is 11.1. The third-order valence-corrected chi connectivity index (χ3v) is 6.01. The number of benzene rings is 2. The molecule has 0 saturated heterocycles. The molecule has 2 aliphatic heterocycles. The van der Waals surface area contributed by atoms with Crippen LogP contribution in [0.2, 0.25) is 0 Å². The standard InChI is InChI=1S/C25H31N5O4/c1-30(2)9-8-26-24(31)17-5-7-22-18(10-17)11-19(15-34-22)25(32)29-21-6-4-16(12-23(21)33-3)20-13-27-28-14-20/h4-7,10,12-13,19-20,28H,8-9,11,14-15H2,1-3H3,(H,26,31)(H,29,32). The summed E-state index contributed by atoms with van der Waals surface area (Å²) in [5.74, 6) is 0.819. The van der Waals surface area contributed by atoms with E-state index in [1.165, 1.54) is 0 Å². The van der Waals surface area contributed by atoms with Crippen LogP contribution >= 0.6 is 0 Å². The van der Waals surface area contributed by atoms with E-state index in [2.05, 4.69) is 21.2 Å². The van der Waals surface area contributed by atoms with Crippen molar-refractivity contribution in [2.24, 2.45) is 11.0 Å². The minimum absolute atomic E-state index is 0.136. The largest absolute Gasteiger partial charge is 0.495 e. The summed E-state index contributed by atoms with van der Waals surface area (Å²) in [6.07, 6.45) is 2.35. The van der Waals surface area contributed by atoms with Crippen molar-refractivity contribution < 1.29 is 19.1 Å². The monoisotopic (exact) mass is 465 g/mol. The van der Waals surface area contributed by atoms with Crippen molar-refractivity contribution in [3.63, 3.8) is 0 Å². The smallest absolute Gasteiger partial charge is 0.251 e. The van der Waals surface area contributed by atoms with Gasteiger partial charge in [-0.3, -0.25) is 9.59 Å². The Bertz CT molecular complexity index is 1080. The maximum atomic E-state index is 13.0. The van der Waals surface area contributed by atoms with Crippen LogP contribution in [-0.2, 0) is 11.2 Å². The van der Waals surface area contributed by atoms with E-state index in [1.54, 1.807) is 19.2 Å². The van der Waals surface area contributed by atoms with E-state index >= 15 is 0 Å². The van der Waals surface area contributed by atoms with E-state index in [4.69, 9.17) is 9.47 Å². The first-order valence-corrected chi connectivity index (χ1v) is 11.4. The number of methoxy groups -OCH3 is 1. The van der Waals surface area contributed by atoms with Crippen LogP contribution in [0.3, 0.4) is 0 Å². The lowest BCUT2D eigenvalue weighted by molar-refractivity contribution is -0.121. The van der Waals surface area contributed by atoms with E-state index in [0.717, 1.165) is 24.2 Å². The predicted octanol–water partition coefficient (Wildman–Crippen LogP) is 1.85. The highest BCUT2D eigenvalue weighted by molar-refractivity contribution is 5.96. The van der Waals surface area contributed by atoms with Crippen molar-refractivity contribution in [1.82, 2.24) is 15.6 Å². The molecule has 2 unspecified atom stereocenters. The average molecular weight is 466 g/mol. The van der Waals surface area contributed by atoms with Crippen LogP contribution in [0.4, 0.5) is 5.69 Å². The van der Waals surface area contributed by atoms with Gasteiger partial charge in [-0.1, -0.05) is 6.07 Å². The highest BCUT2D eigenvalue weighted by Crippen LogP contribution is 2.32. The van der Waals surface area contributed by atoms with Crippen LogP contribution in [0, 0.1) is 5.92 Å². The Morgan fingerprint density at radius 1 is 1.24 bits per heavy atom. The summed E-state index contributed by atoms with van der Waals surface area (Å²) in [4.78, 5) is 27.5. The number of hydrazone groups is 1. The van der Waals surface area contributed by atoms with Crippen LogP contribution in [-0.4, -0.2) is 70.4 Å². The number of carbonyl (C=O) groups excluding carboxylic acids is 2. The van der Waals surface area contributed by atoms with Gasteiger partial charge >= 0.3 is 0 Å². The summed E-state index contributed by atoms with van der Waals surface area (Å²) in [7, 11) is 5.50. The van der Waals surface area contributed by atoms with Gasteiger partial charge < -0.3 is 30.4 Å². The first-order valence-electron chi connectivity index (χ1n) is 11.4. The van der Waals surface area contributed by atoms with Crippen molar-refractivity contribution in [3.8, 4) is 11.5 Å². The molecule has 34 heavy (non-hydrogen) atoms. The Balaban J connectivity index is 1.41. The van der Waals surface area contributed by atoms with Gasteiger partial charge in [-0.05, 0) is 62.0 Å². The van der Waals surface area contributed by atoms with Gasteiger partial charge in [0.05, 0.1) is 18.7 Å². The summed E-state index contributed by atoms with van der Waals surface area (Å²) >= 11 is 0. The molecule has 4 rings (SSSR count). The van der Waals surface area contributed by atoms with E-state index in [1.807, 2.05) is 49.5 Å². The Morgan fingerprint density at radius 2 is 2.09 bits per heavy atom. The first kappa shape index (κ1) is 23.6. The zero-order valence-electron chi connectivity index (χ0n) is 19.8.